The van der Waals surface area contributed by atoms with Gasteiger partial charge in [-0.2, -0.15) is 0 Å². The maximum absolute atomic E-state index is 11.2. The Balaban J connectivity index is 2.23. The summed E-state index contributed by atoms with van der Waals surface area (Å²) in [6.45, 7) is 5.14. The van der Waals surface area contributed by atoms with Crippen LogP contribution in [0.3, 0.4) is 0 Å². The fourth-order valence-corrected chi connectivity index (χ4v) is 4.11. The molecule has 3 rings (SSSR count). The maximum Gasteiger partial charge on any atom is 0.115 e. The van der Waals surface area contributed by atoms with Gasteiger partial charge < -0.3 is 15.1 Å². The van der Waals surface area contributed by atoms with E-state index in [9.17, 15) is 10.2 Å². The van der Waals surface area contributed by atoms with Crippen molar-refractivity contribution >= 4 is 0 Å². The van der Waals surface area contributed by atoms with Crippen LogP contribution in [0.1, 0.15) is 37.8 Å². The van der Waals surface area contributed by atoms with Crippen molar-refractivity contribution in [1.82, 2.24) is 4.90 Å². The molecule has 2 aliphatic rings. The summed E-state index contributed by atoms with van der Waals surface area (Å²) in [6.07, 6.45) is 2.89. The molecule has 3 heteroatoms. The van der Waals surface area contributed by atoms with Crippen molar-refractivity contribution in [2.24, 2.45) is 0 Å². The summed E-state index contributed by atoms with van der Waals surface area (Å²) in [5.41, 5.74) is 1.35. The highest BCUT2D eigenvalue weighted by molar-refractivity contribution is 5.46. The van der Waals surface area contributed by atoms with E-state index in [2.05, 4.69) is 18.9 Å². The maximum atomic E-state index is 11.2. The van der Waals surface area contributed by atoms with Gasteiger partial charge in [-0.15, -0.1) is 0 Å². The van der Waals surface area contributed by atoms with Crippen LogP contribution in [-0.2, 0) is 11.8 Å². The van der Waals surface area contributed by atoms with Crippen molar-refractivity contribution in [1.29, 1.82) is 0 Å². The number of hydrogen-bond donors (Lipinski definition) is 2. The lowest BCUT2D eigenvalue weighted by Crippen LogP contribution is -2.62. The molecule has 0 aromatic heterocycles. The minimum absolute atomic E-state index is 0.150. The second kappa shape index (κ2) is 3.97. The smallest absolute Gasteiger partial charge is 0.115 e. The molecule has 0 radical (unpaired) electrons. The van der Waals surface area contributed by atoms with Crippen molar-refractivity contribution in [2.75, 3.05) is 13.6 Å². The lowest BCUT2D eigenvalue weighted by atomic mass is 9.59. The SMILES string of the molecule is CN1CCC[C@@]2(C)c3cc(O)ccc3CC1C2(C)O. The average molecular weight is 261 g/mol. The third-order valence-corrected chi connectivity index (χ3v) is 5.59. The molecule has 0 amide bonds. The Kier molecular flexibility index (Phi) is 2.70. The van der Waals surface area contributed by atoms with E-state index in [1.807, 2.05) is 19.1 Å². The van der Waals surface area contributed by atoms with Crippen LogP contribution in [0.15, 0.2) is 18.2 Å². The van der Waals surface area contributed by atoms with Gasteiger partial charge in [-0.3, -0.25) is 0 Å². The molecule has 1 aliphatic heterocycles. The number of aromatic hydroxyl groups is 1. The first-order valence-electron chi connectivity index (χ1n) is 7.11. The van der Waals surface area contributed by atoms with Gasteiger partial charge in [0.05, 0.1) is 5.60 Å². The predicted octanol–water partition coefficient (Wildman–Crippen LogP) is 2.05. The molecule has 1 aromatic rings. The Hall–Kier alpha value is -1.06. The van der Waals surface area contributed by atoms with Crippen LogP contribution in [0.2, 0.25) is 0 Å². The van der Waals surface area contributed by atoms with Crippen molar-refractivity contribution in [3.63, 3.8) is 0 Å². The van der Waals surface area contributed by atoms with E-state index in [1.165, 1.54) is 5.56 Å². The molecule has 104 valence electrons. The monoisotopic (exact) mass is 261 g/mol. The Morgan fingerprint density at radius 1 is 1.32 bits per heavy atom. The van der Waals surface area contributed by atoms with E-state index in [4.69, 9.17) is 0 Å². The number of aliphatic hydroxyl groups is 1. The summed E-state index contributed by atoms with van der Waals surface area (Å²) in [4.78, 5) is 2.29. The molecule has 1 aliphatic carbocycles. The summed E-state index contributed by atoms with van der Waals surface area (Å²) >= 11 is 0. The Bertz CT molecular complexity index is 511. The molecular formula is C16H23NO2. The molecule has 1 saturated heterocycles. The van der Waals surface area contributed by atoms with Crippen LogP contribution in [0.4, 0.5) is 0 Å². The number of hydrogen-bond acceptors (Lipinski definition) is 3. The first kappa shape index (κ1) is 12.9. The third-order valence-electron chi connectivity index (χ3n) is 5.59. The topological polar surface area (TPSA) is 43.7 Å². The van der Waals surface area contributed by atoms with Gasteiger partial charge in [0, 0.05) is 11.5 Å². The molecule has 3 atom stereocenters. The first-order valence-corrected chi connectivity index (χ1v) is 7.11. The van der Waals surface area contributed by atoms with Crippen molar-refractivity contribution < 1.29 is 10.2 Å². The minimum atomic E-state index is -0.765. The fraction of sp³-hybridized carbons (Fsp3) is 0.625. The lowest BCUT2D eigenvalue weighted by Gasteiger charge is -2.52. The second-order valence-corrected chi connectivity index (χ2v) is 6.63. The molecule has 2 bridgehead atoms. The number of phenolic OH excluding ortho intramolecular Hbond substituents is 1. The number of likely N-dealkylation sites (tertiary alicyclic amines) is 1. The van der Waals surface area contributed by atoms with Crippen LogP contribution in [0.25, 0.3) is 0 Å². The van der Waals surface area contributed by atoms with Gasteiger partial charge in [-0.05, 0) is 63.0 Å². The number of benzene rings is 1. The van der Waals surface area contributed by atoms with Gasteiger partial charge >= 0.3 is 0 Å². The molecule has 3 nitrogen and oxygen atoms in total. The normalized spacial score (nSPS) is 38.6. The van der Waals surface area contributed by atoms with Gasteiger partial charge in [0.1, 0.15) is 5.75 Å². The Morgan fingerprint density at radius 2 is 2.05 bits per heavy atom. The molecule has 1 heterocycles. The van der Waals surface area contributed by atoms with Crippen LogP contribution in [-0.4, -0.2) is 40.3 Å². The van der Waals surface area contributed by atoms with E-state index in [1.54, 1.807) is 6.07 Å². The summed E-state index contributed by atoms with van der Waals surface area (Å²) in [5.74, 6) is 0.298. The highest BCUT2D eigenvalue weighted by Gasteiger charge is 2.55. The van der Waals surface area contributed by atoms with E-state index in [0.29, 0.717) is 5.75 Å². The van der Waals surface area contributed by atoms with Crippen LogP contribution >= 0.6 is 0 Å². The molecule has 2 N–H and O–H groups in total. The van der Waals surface area contributed by atoms with E-state index >= 15 is 0 Å². The first-order chi connectivity index (χ1) is 8.86. The molecular weight excluding hydrogens is 238 g/mol. The van der Waals surface area contributed by atoms with Crippen molar-refractivity contribution in [3.05, 3.63) is 29.3 Å². The minimum Gasteiger partial charge on any atom is -0.508 e. The number of phenols is 1. The summed E-state index contributed by atoms with van der Waals surface area (Å²) in [7, 11) is 2.11. The number of nitrogens with zero attached hydrogens (tertiary/aromatic N) is 1. The van der Waals surface area contributed by atoms with Crippen molar-refractivity contribution in [2.45, 2.75) is 50.2 Å². The fourth-order valence-electron chi connectivity index (χ4n) is 4.11. The van der Waals surface area contributed by atoms with Crippen LogP contribution in [0.5, 0.6) is 5.75 Å². The lowest BCUT2D eigenvalue weighted by molar-refractivity contribution is -0.0789. The Labute approximate surface area is 114 Å². The summed E-state index contributed by atoms with van der Waals surface area (Å²) in [5, 5.41) is 21.0. The molecule has 1 fully saturated rings. The molecule has 0 saturated carbocycles. The van der Waals surface area contributed by atoms with E-state index in [0.717, 1.165) is 31.4 Å². The zero-order valence-corrected chi connectivity index (χ0v) is 12.0. The number of fused-ring (bicyclic) bond motifs is 4. The van der Waals surface area contributed by atoms with Gasteiger partial charge in [0.25, 0.3) is 0 Å². The zero-order chi connectivity index (χ0) is 13.8. The van der Waals surface area contributed by atoms with E-state index < -0.39 is 5.60 Å². The van der Waals surface area contributed by atoms with Crippen LogP contribution in [0, 0.1) is 0 Å². The third kappa shape index (κ3) is 1.65. The Morgan fingerprint density at radius 3 is 2.79 bits per heavy atom. The standard InChI is InChI=1S/C16H23NO2/c1-15-7-4-8-17(3)14(16(15,2)19)9-11-5-6-12(18)10-13(11)15/h5-6,10,14,18-19H,4,7-9H2,1-3H3/t14?,15-,16?/m0/s1. The largest absolute Gasteiger partial charge is 0.508 e. The number of likely N-dealkylation sites (N-methyl/N-ethyl adjacent to an activating group) is 1. The molecule has 1 aromatic carbocycles. The van der Waals surface area contributed by atoms with Gasteiger partial charge in [0.15, 0.2) is 0 Å². The predicted molar refractivity (Wildman–Crippen MR) is 75.4 cm³/mol. The summed E-state index contributed by atoms with van der Waals surface area (Å²) in [6, 6.07) is 5.78. The van der Waals surface area contributed by atoms with E-state index in [-0.39, 0.29) is 11.5 Å². The quantitative estimate of drug-likeness (QED) is 0.751. The average Bonchev–Trinajstić information content (AvgIpc) is 2.39. The highest BCUT2D eigenvalue weighted by atomic mass is 16.3. The second-order valence-electron chi connectivity index (χ2n) is 6.63. The zero-order valence-electron chi connectivity index (χ0n) is 12.0. The highest BCUT2D eigenvalue weighted by Crippen LogP contribution is 2.50. The van der Waals surface area contributed by atoms with Crippen LogP contribution < -0.4 is 0 Å². The van der Waals surface area contributed by atoms with Gasteiger partial charge in [-0.25, -0.2) is 0 Å². The molecule has 19 heavy (non-hydrogen) atoms. The molecule has 0 spiro atoms. The summed E-state index contributed by atoms with van der Waals surface area (Å²) < 4.78 is 0. The van der Waals surface area contributed by atoms with Gasteiger partial charge in [-0.1, -0.05) is 13.0 Å². The van der Waals surface area contributed by atoms with Crippen molar-refractivity contribution in [3.8, 4) is 5.75 Å². The number of rotatable bonds is 0. The van der Waals surface area contributed by atoms with Gasteiger partial charge in [0.2, 0.25) is 0 Å². The molecule has 2 unspecified atom stereocenters.